The maximum atomic E-state index is 11.8. The van der Waals surface area contributed by atoms with Crippen molar-refractivity contribution in [1.29, 1.82) is 0 Å². The summed E-state index contributed by atoms with van der Waals surface area (Å²) in [5, 5.41) is 13.3. The predicted octanol–water partition coefficient (Wildman–Crippen LogP) is -0.399. The summed E-state index contributed by atoms with van der Waals surface area (Å²) >= 11 is 0. The van der Waals surface area contributed by atoms with Gasteiger partial charge in [-0.3, -0.25) is 10.1 Å². The van der Waals surface area contributed by atoms with Crippen LogP contribution in [-0.4, -0.2) is 36.5 Å². The van der Waals surface area contributed by atoms with E-state index in [1.165, 1.54) is 12.2 Å². The molecule has 0 aliphatic carbocycles. The molecule has 0 rings (SSSR count). The van der Waals surface area contributed by atoms with E-state index in [1.807, 2.05) is 5.32 Å². The molecule has 5 N–H and O–H groups in total. The summed E-state index contributed by atoms with van der Waals surface area (Å²) in [4.78, 5) is 10.4. The zero-order valence-corrected chi connectivity index (χ0v) is 8.92. The largest absolute Gasteiger partial charge is 0.405 e. The highest BCUT2D eigenvalue weighted by Gasteiger charge is 2.26. The molecule has 0 aromatic heterocycles. The molecule has 0 fully saturated rings. The molecule has 5 nitrogen and oxygen atoms in total. The molecule has 1 amide bonds. The van der Waals surface area contributed by atoms with E-state index in [1.54, 1.807) is 0 Å². The van der Waals surface area contributed by atoms with Crippen LogP contribution in [0.25, 0.3) is 0 Å². The summed E-state index contributed by atoms with van der Waals surface area (Å²) in [5.74, 6) is -0.938. The van der Waals surface area contributed by atoms with Crippen LogP contribution in [0.4, 0.5) is 13.2 Å². The third-order valence-electron chi connectivity index (χ3n) is 1.53. The Morgan fingerprint density at radius 3 is 2.59 bits per heavy atom. The number of aliphatic hydroxyl groups excluding tert-OH is 1. The van der Waals surface area contributed by atoms with Gasteiger partial charge in [-0.25, -0.2) is 0 Å². The summed E-state index contributed by atoms with van der Waals surface area (Å²) < 4.78 is 35.3. The molecular formula is C9H14F3N3O2. The maximum Gasteiger partial charge on any atom is 0.405 e. The van der Waals surface area contributed by atoms with Gasteiger partial charge >= 0.3 is 6.18 Å². The van der Waals surface area contributed by atoms with E-state index < -0.39 is 24.9 Å². The topological polar surface area (TPSA) is 87.4 Å². The number of nitrogens with two attached hydrogens (primary N) is 1. The van der Waals surface area contributed by atoms with E-state index in [-0.39, 0.29) is 12.2 Å². The number of aliphatic hydroxyl groups is 1. The number of nitrogens with one attached hydrogen (secondary N) is 2. The van der Waals surface area contributed by atoms with Crippen molar-refractivity contribution in [2.75, 3.05) is 13.1 Å². The van der Waals surface area contributed by atoms with Crippen molar-refractivity contribution in [3.63, 3.8) is 0 Å². The minimum absolute atomic E-state index is 0.0663. The Morgan fingerprint density at radius 1 is 1.53 bits per heavy atom. The van der Waals surface area contributed by atoms with Crippen LogP contribution in [0.1, 0.15) is 0 Å². The molecule has 0 bridgehead atoms. The van der Waals surface area contributed by atoms with Crippen molar-refractivity contribution >= 4 is 5.91 Å². The van der Waals surface area contributed by atoms with E-state index >= 15 is 0 Å². The van der Waals surface area contributed by atoms with Crippen LogP contribution in [0.5, 0.6) is 0 Å². The van der Waals surface area contributed by atoms with Gasteiger partial charge < -0.3 is 16.2 Å². The van der Waals surface area contributed by atoms with Crippen LogP contribution in [0.2, 0.25) is 0 Å². The molecule has 0 spiro atoms. The normalized spacial score (nSPS) is 13.6. The number of hydrogen-bond acceptors (Lipinski definition) is 4. The molecule has 1 unspecified atom stereocenters. The minimum Gasteiger partial charge on any atom is -0.377 e. The summed E-state index contributed by atoms with van der Waals surface area (Å²) in [6.07, 6.45) is -3.13. The quantitative estimate of drug-likeness (QED) is 0.367. The molecule has 0 saturated heterocycles. The van der Waals surface area contributed by atoms with Gasteiger partial charge in [0.05, 0.1) is 0 Å². The second kappa shape index (κ2) is 6.92. The lowest BCUT2D eigenvalue weighted by molar-refractivity contribution is -0.127. The van der Waals surface area contributed by atoms with Crippen molar-refractivity contribution in [3.05, 3.63) is 24.4 Å². The Labute approximate surface area is 96.2 Å². The predicted molar refractivity (Wildman–Crippen MR) is 55.5 cm³/mol. The molecule has 0 heterocycles. The lowest BCUT2D eigenvalue weighted by atomic mass is 10.4. The first-order chi connectivity index (χ1) is 7.72. The average molecular weight is 253 g/mol. The Balaban J connectivity index is 3.78. The smallest absolute Gasteiger partial charge is 0.377 e. The van der Waals surface area contributed by atoms with E-state index in [9.17, 15) is 18.0 Å². The Bertz CT molecular complexity index is 302. The second-order valence-electron chi connectivity index (χ2n) is 3.11. The molecule has 17 heavy (non-hydrogen) atoms. The van der Waals surface area contributed by atoms with Crippen LogP contribution >= 0.6 is 0 Å². The first-order valence-electron chi connectivity index (χ1n) is 4.59. The van der Waals surface area contributed by atoms with E-state index in [4.69, 9.17) is 10.8 Å². The molecule has 98 valence electrons. The Morgan fingerprint density at radius 2 is 2.12 bits per heavy atom. The van der Waals surface area contributed by atoms with Crippen LogP contribution in [-0.2, 0) is 4.79 Å². The van der Waals surface area contributed by atoms with Crippen molar-refractivity contribution in [2.45, 2.75) is 12.4 Å². The van der Waals surface area contributed by atoms with Gasteiger partial charge in [-0.2, -0.15) is 13.2 Å². The van der Waals surface area contributed by atoms with Gasteiger partial charge in [0.25, 0.3) is 5.91 Å². The van der Waals surface area contributed by atoms with E-state index in [0.29, 0.717) is 0 Å². The number of halogens is 3. The fourth-order valence-corrected chi connectivity index (χ4v) is 0.754. The van der Waals surface area contributed by atoms with Crippen LogP contribution in [0.15, 0.2) is 24.4 Å². The summed E-state index contributed by atoms with van der Waals surface area (Å²) in [6, 6.07) is 0. The average Bonchev–Trinajstić information content (AvgIpc) is 2.20. The molecule has 0 aliphatic rings. The van der Waals surface area contributed by atoms with E-state index in [0.717, 1.165) is 0 Å². The SMILES string of the molecule is C=C(/C=C/CNC(O)C(N)=O)NCC(F)(F)F. The molecule has 1 atom stereocenters. The molecule has 0 radical (unpaired) electrons. The number of amides is 1. The number of hydrogen-bond donors (Lipinski definition) is 4. The lowest BCUT2D eigenvalue weighted by Crippen LogP contribution is -2.41. The first-order valence-corrected chi connectivity index (χ1v) is 4.59. The van der Waals surface area contributed by atoms with Gasteiger partial charge in [0.2, 0.25) is 0 Å². The van der Waals surface area contributed by atoms with Gasteiger partial charge in [-0.05, 0) is 6.08 Å². The number of allylic oxidation sites excluding steroid dienone is 1. The maximum absolute atomic E-state index is 11.8. The van der Waals surface area contributed by atoms with Crippen LogP contribution < -0.4 is 16.4 Å². The summed E-state index contributed by atoms with van der Waals surface area (Å²) in [7, 11) is 0. The monoisotopic (exact) mass is 253 g/mol. The van der Waals surface area contributed by atoms with Gasteiger partial charge in [0.1, 0.15) is 6.54 Å². The highest BCUT2D eigenvalue weighted by Crippen LogP contribution is 2.12. The molecule has 0 aliphatic heterocycles. The number of rotatable bonds is 7. The highest BCUT2D eigenvalue weighted by atomic mass is 19.4. The standard InChI is InChI=1S/C9H14F3N3O2/c1-6(15-5-9(10,11)12)3-2-4-14-8(17)7(13)16/h2-3,8,14-15,17H,1,4-5H2,(H2,13,16)/b3-2+. The number of primary amides is 1. The highest BCUT2D eigenvalue weighted by molar-refractivity contribution is 5.77. The van der Waals surface area contributed by atoms with Gasteiger partial charge in [0, 0.05) is 12.2 Å². The van der Waals surface area contributed by atoms with Crippen molar-refractivity contribution in [3.8, 4) is 0 Å². The van der Waals surface area contributed by atoms with Crippen molar-refractivity contribution in [1.82, 2.24) is 10.6 Å². The first kappa shape index (κ1) is 15.5. The second-order valence-corrected chi connectivity index (χ2v) is 3.11. The zero-order chi connectivity index (χ0) is 13.5. The van der Waals surface area contributed by atoms with Crippen molar-refractivity contribution < 1.29 is 23.1 Å². The summed E-state index contributed by atoms with van der Waals surface area (Å²) in [5.41, 5.74) is 4.81. The number of carbonyl (C=O) groups excluding carboxylic acids is 1. The fourth-order valence-electron chi connectivity index (χ4n) is 0.754. The third kappa shape index (κ3) is 9.39. The zero-order valence-electron chi connectivity index (χ0n) is 8.92. The van der Waals surface area contributed by atoms with E-state index in [2.05, 4.69) is 11.9 Å². The van der Waals surface area contributed by atoms with Crippen LogP contribution in [0.3, 0.4) is 0 Å². The van der Waals surface area contributed by atoms with Crippen LogP contribution in [0, 0.1) is 0 Å². The lowest BCUT2D eigenvalue weighted by Gasteiger charge is -2.09. The Hall–Kier alpha value is -1.54. The van der Waals surface area contributed by atoms with Crippen molar-refractivity contribution in [2.24, 2.45) is 5.73 Å². The molecular weight excluding hydrogens is 239 g/mol. The molecule has 0 aromatic carbocycles. The van der Waals surface area contributed by atoms with Gasteiger partial charge in [-0.15, -0.1) is 0 Å². The Kier molecular flexibility index (Phi) is 6.29. The number of alkyl halides is 3. The molecule has 0 saturated carbocycles. The van der Waals surface area contributed by atoms with Gasteiger partial charge in [-0.1, -0.05) is 12.7 Å². The van der Waals surface area contributed by atoms with Gasteiger partial charge in [0.15, 0.2) is 6.23 Å². The minimum atomic E-state index is -4.31. The molecule has 8 heteroatoms. The summed E-state index contributed by atoms with van der Waals surface area (Å²) in [6.45, 7) is 2.22. The fraction of sp³-hybridized carbons (Fsp3) is 0.444. The number of carbonyl (C=O) groups is 1. The third-order valence-corrected chi connectivity index (χ3v) is 1.53. The molecule has 0 aromatic rings.